The van der Waals surface area contributed by atoms with E-state index in [9.17, 15) is 4.79 Å². The van der Waals surface area contributed by atoms with Crippen LogP contribution in [0.15, 0.2) is 54.9 Å². The Bertz CT molecular complexity index is 802. The summed E-state index contributed by atoms with van der Waals surface area (Å²) in [6.07, 6.45) is 2.31. The Labute approximate surface area is 121 Å². The summed E-state index contributed by atoms with van der Waals surface area (Å²) in [5.74, 6) is 0. The normalized spacial score (nSPS) is 10.5. The van der Waals surface area contributed by atoms with E-state index in [1.807, 2.05) is 42.5 Å². The summed E-state index contributed by atoms with van der Waals surface area (Å²) in [7, 11) is 0. The van der Waals surface area contributed by atoms with E-state index in [0.29, 0.717) is 0 Å². The van der Waals surface area contributed by atoms with E-state index in [1.165, 1.54) is 0 Å². The molecule has 3 rings (SSSR count). The number of fused-ring (bicyclic) bond motifs is 1. The van der Waals surface area contributed by atoms with E-state index in [1.54, 1.807) is 12.4 Å². The molecule has 5 nitrogen and oxygen atoms in total. The van der Waals surface area contributed by atoms with Crippen LogP contribution in [0.5, 0.6) is 0 Å². The smallest absolute Gasteiger partial charge is 0.404 e. The Hall–Kier alpha value is -2.95. The molecule has 2 aromatic carbocycles. The fourth-order valence-electron chi connectivity index (χ4n) is 2.18. The molecule has 0 saturated heterocycles. The number of rotatable bonds is 3. The lowest BCUT2D eigenvalue weighted by atomic mass is 10.0. The quantitative estimate of drug-likeness (QED) is 0.772. The Balaban J connectivity index is 1.94. The molecule has 0 radical (unpaired) electrons. The maximum Gasteiger partial charge on any atom is 0.404 e. The Morgan fingerprint density at radius 2 is 1.76 bits per heavy atom. The summed E-state index contributed by atoms with van der Waals surface area (Å²) in [5.41, 5.74) is 4.65. The van der Waals surface area contributed by atoms with Gasteiger partial charge in [0.15, 0.2) is 0 Å². The minimum absolute atomic E-state index is 0.288. The zero-order chi connectivity index (χ0) is 14.7. The average Bonchev–Trinajstić information content (AvgIpc) is 2.53. The van der Waals surface area contributed by atoms with Gasteiger partial charge in [-0.2, -0.15) is 0 Å². The summed E-state index contributed by atoms with van der Waals surface area (Å²) in [6.45, 7) is 0.288. The van der Waals surface area contributed by atoms with Gasteiger partial charge in [-0.3, -0.25) is 9.97 Å². The number of hydrogen-bond donors (Lipinski definition) is 2. The van der Waals surface area contributed by atoms with Gasteiger partial charge in [-0.25, -0.2) is 4.79 Å². The first-order valence-electron chi connectivity index (χ1n) is 6.49. The largest absolute Gasteiger partial charge is 0.465 e. The Morgan fingerprint density at radius 1 is 1.00 bits per heavy atom. The fourth-order valence-corrected chi connectivity index (χ4v) is 2.18. The van der Waals surface area contributed by atoms with Crippen LogP contribution < -0.4 is 5.32 Å². The van der Waals surface area contributed by atoms with Crippen LogP contribution in [0.3, 0.4) is 0 Å². The summed E-state index contributed by atoms with van der Waals surface area (Å²) in [5, 5.41) is 11.0. The zero-order valence-corrected chi connectivity index (χ0v) is 11.2. The monoisotopic (exact) mass is 279 g/mol. The molecule has 0 atom stereocenters. The highest BCUT2D eigenvalue weighted by Crippen LogP contribution is 2.23. The first-order valence-corrected chi connectivity index (χ1v) is 6.49. The molecule has 0 saturated carbocycles. The van der Waals surface area contributed by atoms with Crippen molar-refractivity contribution in [2.75, 3.05) is 0 Å². The number of hydrogen-bond acceptors (Lipinski definition) is 3. The molecule has 0 aliphatic heterocycles. The Morgan fingerprint density at radius 3 is 2.57 bits per heavy atom. The van der Waals surface area contributed by atoms with Crippen molar-refractivity contribution in [3.63, 3.8) is 0 Å². The SMILES string of the molecule is O=C(O)NCc1cccc(-c2ccc3nccnc3c2)c1. The molecule has 1 aromatic heterocycles. The maximum atomic E-state index is 10.5. The molecule has 1 heterocycles. The molecule has 0 bridgehead atoms. The van der Waals surface area contributed by atoms with E-state index in [4.69, 9.17) is 5.11 Å². The van der Waals surface area contributed by atoms with Gasteiger partial charge in [0.05, 0.1) is 11.0 Å². The number of aromatic nitrogens is 2. The van der Waals surface area contributed by atoms with Gasteiger partial charge in [0.1, 0.15) is 0 Å². The van der Waals surface area contributed by atoms with E-state index in [0.717, 1.165) is 27.7 Å². The third-order valence-electron chi connectivity index (χ3n) is 3.17. The minimum Gasteiger partial charge on any atom is -0.465 e. The van der Waals surface area contributed by atoms with Gasteiger partial charge in [-0.15, -0.1) is 0 Å². The van der Waals surface area contributed by atoms with Gasteiger partial charge < -0.3 is 10.4 Å². The van der Waals surface area contributed by atoms with Gasteiger partial charge in [-0.1, -0.05) is 24.3 Å². The molecule has 3 aromatic rings. The van der Waals surface area contributed by atoms with Gasteiger partial charge in [0.2, 0.25) is 0 Å². The number of carbonyl (C=O) groups is 1. The van der Waals surface area contributed by atoms with E-state index < -0.39 is 6.09 Å². The molecule has 0 aliphatic rings. The predicted octanol–water partition coefficient (Wildman–Crippen LogP) is 3.06. The second kappa shape index (κ2) is 5.58. The minimum atomic E-state index is -1.03. The topological polar surface area (TPSA) is 75.1 Å². The molecular weight excluding hydrogens is 266 g/mol. The van der Waals surface area contributed by atoms with Crippen LogP contribution in [0.25, 0.3) is 22.2 Å². The van der Waals surface area contributed by atoms with Crippen LogP contribution in [0, 0.1) is 0 Å². The van der Waals surface area contributed by atoms with Crippen LogP contribution in [0.2, 0.25) is 0 Å². The molecule has 0 fully saturated rings. The first-order chi connectivity index (χ1) is 10.2. The van der Waals surface area contributed by atoms with E-state index in [-0.39, 0.29) is 6.54 Å². The van der Waals surface area contributed by atoms with Crippen LogP contribution in [-0.4, -0.2) is 21.2 Å². The van der Waals surface area contributed by atoms with E-state index in [2.05, 4.69) is 15.3 Å². The second-order valence-electron chi connectivity index (χ2n) is 4.62. The molecule has 2 N–H and O–H groups in total. The lowest BCUT2D eigenvalue weighted by Gasteiger charge is -2.06. The van der Waals surface area contributed by atoms with Gasteiger partial charge in [-0.05, 0) is 34.9 Å². The van der Waals surface area contributed by atoms with Crippen molar-refractivity contribution in [2.45, 2.75) is 6.54 Å². The molecule has 0 spiro atoms. The zero-order valence-electron chi connectivity index (χ0n) is 11.2. The van der Waals surface area contributed by atoms with Crippen LogP contribution in [0.4, 0.5) is 4.79 Å². The highest BCUT2D eigenvalue weighted by molar-refractivity contribution is 5.81. The van der Waals surface area contributed by atoms with Gasteiger partial charge >= 0.3 is 6.09 Å². The highest BCUT2D eigenvalue weighted by atomic mass is 16.4. The van der Waals surface area contributed by atoms with Crippen molar-refractivity contribution < 1.29 is 9.90 Å². The third-order valence-corrected chi connectivity index (χ3v) is 3.17. The summed E-state index contributed by atoms with van der Waals surface area (Å²) in [6, 6.07) is 13.7. The molecule has 21 heavy (non-hydrogen) atoms. The molecule has 0 unspecified atom stereocenters. The van der Waals surface area contributed by atoms with Crippen molar-refractivity contribution in [1.82, 2.24) is 15.3 Å². The van der Waals surface area contributed by atoms with Crippen molar-refractivity contribution in [3.8, 4) is 11.1 Å². The number of nitrogens with one attached hydrogen (secondary N) is 1. The fraction of sp³-hybridized carbons (Fsp3) is 0.0625. The molecule has 104 valence electrons. The van der Waals surface area contributed by atoms with Crippen LogP contribution in [0.1, 0.15) is 5.56 Å². The molecule has 0 aliphatic carbocycles. The molecular formula is C16H13N3O2. The van der Waals surface area contributed by atoms with Crippen molar-refractivity contribution in [2.24, 2.45) is 0 Å². The lowest BCUT2D eigenvalue weighted by molar-refractivity contribution is 0.194. The van der Waals surface area contributed by atoms with Crippen LogP contribution >= 0.6 is 0 Å². The molecule has 1 amide bonds. The lowest BCUT2D eigenvalue weighted by Crippen LogP contribution is -2.19. The summed E-state index contributed by atoms with van der Waals surface area (Å²) >= 11 is 0. The number of amides is 1. The average molecular weight is 279 g/mol. The van der Waals surface area contributed by atoms with Crippen molar-refractivity contribution in [3.05, 3.63) is 60.4 Å². The van der Waals surface area contributed by atoms with Crippen LogP contribution in [-0.2, 0) is 6.54 Å². The number of nitrogens with zero attached hydrogens (tertiary/aromatic N) is 2. The summed E-state index contributed by atoms with van der Waals surface area (Å²) in [4.78, 5) is 19.1. The number of benzene rings is 2. The van der Waals surface area contributed by atoms with E-state index >= 15 is 0 Å². The predicted molar refractivity (Wildman–Crippen MR) is 79.8 cm³/mol. The first kappa shape index (κ1) is 13.1. The van der Waals surface area contributed by atoms with Crippen molar-refractivity contribution >= 4 is 17.1 Å². The van der Waals surface area contributed by atoms with Gasteiger partial charge in [0, 0.05) is 18.9 Å². The second-order valence-corrected chi connectivity index (χ2v) is 4.62. The Kier molecular flexibility index (Phi) is 3.47. The number of carboxylic acid groups (broad SMARTS) is 1. The van der Waals surface area contributed by atoms with Gasteiger partial charge in [0.25, 0.3) is 0 Å². The highest BCUT2D eigenvalue weighted by Gasteiger charge is 2.03. The van der Waals surface area contributed by atoms with Crippen molar-refractivity contribution in [1.29, 1.82) is 0 Å². The maximum absolute atomic E-state index is 10.5. The molecule has 5 heteroatoms. The summed E-state index contributed by atoms with van der Waals surface area (Å²) < 4.78 is 0. The standard InChI is InChI=1S/C16H13N3O2/c20-16(21)19-10-11-2-1-3-12(8-11)13-4-5-14-15(9-13)18-7-6-17-14/h1-9,19H,10H2,(H,20,21). The third kappa shape index (κ3) is 2.97.